The van der Waals surface area contributed by atoms with Crippen LogP contribution < -0.4 is 5.32 Å². The summed E-state index contributed by atoms with van der Waals surface area (Å²) in [5.41, 5.74) is 0.460. The third-order valence-electron chi connectivity index (χ3n) is 2.74. The first-order valence-electron chi connectivity index (χ1n) is 5.81. The Hall–Kier alpha value is -2.45. The van der Waals surface area contributed by atoms with E-state index in [1.54, 1.807) is 0 Å². The number of nitro groups is 1. The summed E-state index contributed by atoms with van der Waals surface area (Å²) in [4.78, 5) is 33.0. The third kappa shape index (κ3) is 3.31. The van der Waals surface area contributed by atoms with E-state index in [-0.39, 0.29) is 17.9 Å². The van der Waals surface area contributed by atoms with Gasteiger partial charge in [-0.1, -0.05) is 0 Å². The summed E-state index contributed by atoms with van der Waals surface area (Å²) in [7, 11) is 1.20. The molecule has 0 aliphatic rings. The highest BCUT2D eigenvalue weighted by atomic mass is 16.6. The number of hydrogen-bond acceptors (Lipinski definition) is 6. The molecule has 1 atom stereocenters. The lowest BCUT2D eigenvalue weighted by Crippen LogP contribution is -2.43. The number of esters is 1. The molecule has 0 spiro atoms. The molecular formula is C11H16N4O5. The highest BCUT2D eigenvalue weighted by molar-refractivity contribution is 5.83. The fourth-order valence-corrected chi connectivity index (χ4v) is 1.87. The lowest BCUT2D eigenvalue weighted by atomic mass is 10.2. The number of hydrogen-bond donors (Lipinski definition) is 1. The maximum atomic E-state index is 11.6. The molecule has 0 aliphatic carbocycles. The minimum Gasteiger partial charge on any atom is -0.467 e. The number of methoxy groups -OCH3 is 1. The molecule has 1 heterocycles. The molecule has 0 aromatic carbocycles. The number of carbonyl (C=O) groups excluding carboxylic acids is 2. The topological polar surface area (TPSA) is 116 Å². The van der Waals surface area contributed by atoms with E-state index in [0.717, 1.165) is 0 Å². The molecule has 9 heteroatoms. The summed E-state index contributed by atoms with van der Waals surface area (Å²) in [6.45, 7) is 4.26. The summed E-state index contributed by atoms with van der Waals surface area (Å²) in [6.07, 6.45) is 0. The van der Waals surface area contributed by atoms with Gasteiger partial charge in [0.25, 0.3) is 0 Å². The lowest BCUT2D eigenvalue weighted by Gasteiger charge is -2.15. The molecule has 1 aromatic heterocycles. The molecule has 0 radical (unpaired) electrons. The zero-order valence-corrected chi connectivity index (χ0v) is 11.7. The van der Waals surface area contributed by atoms with Gasteiger partial charge in [0.1, 0.15) is 17.4 Å². The van der Waals surface area contributed by atoms with Crippen LogP contribution >= 0.6 is 0 Å². The Morgan fingerprint density at radius 3 is 2.50 bits per heavy atom. The smallest absolute Gasteiger partial charge is 0.330 e. The van der Waals surface area contributed by atoms with Gasteiger partial charge in [-0.3, -0.25) is 19.6 Å². The minimum absolute atomic E-state index is 0.0350. The van der Waals surface area contributed by atoms with Crippen LogP contribution in [0.25, 0.3) is 0 Å². The van der Waals surface area contributed by atoms with Crippen molar-refractivity contribution in [2.24, 2.45) is 0 Å². The SMILES string of the molecule is COC(=O)C(Cn1nc(C)c([N+](=O)[O-])c1C)NC(C)=O. The maximum Gasteiger partial charge on any atom is 0.330 e. The van der Waals surface area contributed by atoms with E-state index in [4.69, 9.17) is 0 Å². The van der Waals surface area contributed by atoms with Crippen molar-refractivity contribution in [2.75, 3.05) is 7.11 Å². The molecule has 1 aromatic rings. The number of rotatable bonds is 5. The lowest BCUT2D eigenvalue weighted by molar-refractivity contribution is -0.386. The highest BCUT2D eigenvalue weighted by Crippen LogP contribution is 2.21. The first kappa shape index (κ1) is 15.6. The van der Waals surface area contributed by atoms with Crippen LogP contribution in [0.4, 0.5) is 5.69 Å². The average molecular weight is 284 g/mol. The second-order valence-electron chi connectivity index (χ2n) is 4.23. The van der Waals surface area contributed by atoms with Gasteiger partial charge >= 0.3 is 11.7 Å². The number of carbonyl (C=O) groups is 2. The first-order chi connectivity index (χ1) is 9.27. The van der Waals surface area contributed by atoms with Gasteiger partial charge in [0.05, 0.1) is 18.6 Å². The van der Waals surface area contributed by atoms with Crippen molar-refractivity contribution in [3.8, 4) is 0 Å². The van der Waals surface area contributed by atoms with Gasteiger partial charge in [0.15, 0.2) is 0 Å². The molecule has 0 bridgehead atoms. The Bertz CT molecular complexity index is 551. The number of aromatic nitrogens is 2. The van der Waals surface area contributed by atoms with E-state index in [1.165, 1.54) is 32.6 Å². The fraction of sp³-hybridized carbons (Fsp3) is 0.545. The Kier molecular flexibility index (Phi) is 4.78. The van der Waals surface area contributed by atoms with E-state index in [0.29, 0.717) is 5.69 Å². The van der Waals surface area contributed by atoms with Gasteiger partial charge in [-0.05, 0) is 13.8 Å². The van der Waals surface area contributed by atoms with E-state index >= 15 is 0 Å². The van der Waals surface area contributed by atoms with Crippen LogP contribution in [0.3, 0.4) is 0 Å². The van der Waals surface area contributed by atoms with Crippen molar-refractivity contribution in [3.63, 3.8) is 0 Å². The van der Waals surface area contributed by atoms with Gasteiger partial charge in [-0.2, -0.15) is 5.10 Å². The standard InChI is InChI=1S/C11H16N4O5/c1-6-10(15(18)19)7(2)14(13-6)5-9(11(17)20-4)12-8(3)16/h9H,5H2,1-4H3,(H,12,16). The molecule has 1 N–H and O–H groups in total. The summed E-state index contributed by atoms with van der Waals surface area (Å²) in [5.74, 6) is -1.05. The average Bonchev–Trinajstić information content (AvgIpc) is 2.61. The molecule has 9 nitrogen and oxygen atoms in total. The quantitative estimate of drug-likeness (QED) is 0.465. The largest absolute Gasteiger partial charge is 0.467 e. The summed E-state index contributed by atoms with van der Waals surface area (Å²) < 4.78 is 5.89. The molecule has 20 heavy (non-hydrogen) atoms. The molecular weight excluding hydrogens is 268 g/mol. The van der Waals surface area contributed by atoms with Crippen molar-refractivity contribution in [2.45, 2.75) is 33.4 Å². The molecule has 1 rings (SSSR count). The fourth-order valence-electron chi connectivity index (χ4n) is 1.87. The van der Waals surface area contributed by atoms with Gasteiger partial charge in [0.2, 0.25) is 5.91 Å². The van der Waals surface area contributed by atoms with E-state index < -0.39 is 22.8 Å². The number of aryl methyl sites for hydroxylation is 1. The van der Waals surface area contributed by atoms with Crippen LogP contribution in [0.1, 0.15) is 18.3 Å². The predicted octanol–water partition coefficient (Wildman–Crippen LogP) is 0.0858. The molecule has 110 valence electrons. The van der Waals surface area contributed by atoms with Crippen molar-refractivity contribution in [1.29, 1.82) is 0 Å². The molecule has 0 aliphatic heterocycles. The first-order valence-corrected chi connectivity index (χ1v) is 5.81. The van der Waals surface area contributed by atoms with E-state index in [2.05, 4.69) is 15.2 Å². The van der Waals surface area contributed by atoms with Crippen molar-refractivity contribution in [1.82, 2.24) is 15.1 Å². The predicted molar refractivity (Wildman–Crippen MR) is 68.0 cm³/mol. The van der Waals surface area contributed by atoms with Crippen LogP contribution in [-0.4, -0.2) is 39.7 Å². The highest BCUT2D eigenvalue weighted by Gasteiger charge is 2.26. The third-order valence-corrected chi connectivity index (χ3v) is 2.74. The minimum atomic E-state index is -0.949. The Morgan fingerprint density at radius 2 is 2.10 bits per heavy atom. The van der Waals surface area contributed by atoms with Gasteiger partial charge in [-0.25, -0.2) is 4.79 Å². The summed E-state index contributed by atoms with van der Waals surface area (Å²) in [5, 5.41) is 17.3. The zero-order chi connectivity index (χ0) is 15.4. The molecule has 0 saturated heterocycles. The van der Waals surface area contributed by atoms with Gasteiger partial charge < -0.3 is 10.1 Å². The van der Waals surface area contributed by atoms with E-state index in [1.807, 2.05) is 0 Å². The Morgan fingerprint density at radius 1 is 1.50 bits per heavy atom. The Labute approximate surface area is 115 Å². The van der Waals surface area contributed by atoms with Crippen molar-refractivity contribution < 1.29 is 19.2 Å². The van der Waals surface area contributed by atoms with E-state index in [9.17, 15) is 19.7 Å². The molecule has 1 unspecified atom stereocenters. The van der Waals surface area contributed by atoms with Crippen molar-refractivity contribution >= 4 is 17.6 Å². The van der Waals surface area contributed by atoms with Gasteiger partial charge in [-0.15, -0.1) is 0 Å². The van der Waals surface area contributed by atoms with Crippen LogP contribution in [0.5, 0.6) is 0 Å². The maximum absolute atomic E-state index is 11.6. The van der Waals surface area contributed by atoms with Gasteiger partial charge in [0, 0.05) is 6.92 Å². The van der Waals surface area contributed by atoms with Crippen LogP contribution in [0.2, 0.25) is 0 Å². The molecule has 1 amide bonds. The second kappa shape index (κ2) is 6.13. The molecule has 0 fully saturated rings. The van der Waals surface area contributed by atoms with Crippen LogP contribution in [-0.2, 0) is 20.9 Å². The van der Waals surface area contributed by atoms with Crippen LogP contribution in [0, 0.1) is 24.0 Å². The number of amides is 1. The number of nitrogens with zero attached hydrogens (tertiary/aromatic N) is 3. The number of ether oxygens (including phenoxy) is 1. The number of nitrogens with one attached hydrogen (secondary N) is 1. The Balaban J connectivity index is 3.05. The monoisotopic (exact) mass is 284 g/mol. The molecule has 0 saturated carbocycles. The zero-order valence-electron chi connectivity index (χ0n) is 11.7. The normalized spacial score (nSPS) is 11.8. The van der Waals surface area contributed by atoms with Crippen LogP contribution in [0.15, 0.2) is 0 Å². The second-order valence-corrected chi connectivity index (χ2v) is 4.23. The summed E-state index contributed by atoms with van der Waals surface area (Å²) in [6, 6.07) is -0.949. The summed E-state index contributed by atoms with van der Waals surface area (Å²) >= 11 is 0. The van der Waals surface area contributed by atoms with Crippen molar-refractivity contribution in [3.05, 3.63) is 21.5 Å².